The molecule has 3 N–H and O–H groups in total. The molecule has 0 spiro atoms. The van der Waals surface area contributed by atoms with Gasteiger partial charge in [0.1, 0.15) is 11.6 Å². The predicted octanol–water partition coefficient (Wildman–Crippen LogP) is 2.95. The van der Waals surface area contributed by atoms with Crippen LogP contribution in [0.4, 0.5) is 21.6 Å². The van der Waals surface area contributed by atoms with Crippen LogP contribution in [0.1, 0.15) is 10.5 Å². The molecule has 7 nitrogen and oxygen atoms in total. The lowest BCUT2D eigenvalue weighted by Crippen LogP contribution is -2.15. The molecule has 0 radical (unpaired) electrons. The summed E-state index contributed by atoms with van der Waals surface area (Å²) in [6.07, 6.45) is 0. The molecule has 1 aromatic heterocycles. The van der Waals surface area contributed by atoms with Gasteiger partial charge in [0.15, 0.2) is 11.5 Å². The maximum absolute atomic E-state index is 13.6. The first-order valence-corrected chi connectivity index (χ1v) is 7.05. The van der Waals surface area contributed by atoms with E-state index in [2.05, 4.69) is 26.0 Å². The van der Waals surface area contributed by atoms with Gasteiger partial charge < -0.3 is 15.4 Å². The second kappa shape index (κ2) is 6.78. The molecule has 1 amide bonds. The van der Waals surface area contributed by atoms with E-state index < -0.39 is 11.7 Å². The lowest BCUT2D eigenvalue weighted by atomic mass is 10.2. The number of amides is 1. The molecule has 0 fully saturated rings. The highest BCUT2D eigenvalue weighted by molar-refractivity contribution is 6.06. The van der Waals surface area contributed by atoms with Crippen LogP contribution in [0.3, 0.4) is 0 Å². The van der Waals surface area contributed by atoms with Crippen LogP contribution in [0.25, 0.3) is 0 Å². The van der Waals surface area contributed by atoms with Gasteiger partial charge in [0.2, 0.25) is 0 Å². The molecule has 0 saturated heterocycles. The Morgan fingerprint density at radius 1 is 1.12 bits per heavy atom. The van der Waals surface area contributed by atoms with Gasteiger partial charge in [-0.05, 0) is 36.4 Å². The monoisotopic (exact) mass is 327 g/mol. The largest absolute Gasteiger partial charge is 0.497 e. The number of anilines is 3. The van der Waals surface area contributed by atoms with Crippen molar-refractivity contribution in [2.45, 2.75) is 0 Å². The van der Waals surface area contributed by atoms with Crippen LogP contribution in [0.15, 0.2) is 48.5 Å². The van der Waals surface area contributed by atoms with Crippen LogP contribution in [0, 0.1) is 5.82 Å². The Balaban J connectivity index is 1.76. The summed E-state index contributed by atoms with van der Waals surface area (Å²) in [6.45, 7) is 0. The quantitative estimate of drug-likeness (QED) is 0.670. The van der Waals surface area contributed by atoms with Crippen LogP contribution >= 0.6 is 0 Å². The van der Waals surface area contributed by atoms with Crippen molar-refractivity contribution >= 4 is 23.1 Å². The Hall–Kier alpha value is -3.42. The van der Waals surface area contributed by atoms with Crippen molar-refractivity contribution in [3.8, 4) is 5.75 Å². The molecule has 0 unspecified atom stereocenters. The van der Waals surface area contributed by atoms with Gasteiger partial charge in [0.25, 0.3) is 5.91 Å². The van der Waals surface area contributed by atoms with E-state index in [1.165, 1.54) is 18.2 Å². The van der Waals surface area contributed by atoms with E-state index in [1.807, 2.05) is 0 Å². The third kappa shape index (κ3) is 3.32. The Labute approximate surface area is 136 Å². The van der Waals surface area contributed by atoms with E-state index in [0.29, 0.717) is 11.4 Å². The number of carbonyl (C=O) groups is 1. The van der Waals surface area contributed by atoms with Gasteiger partial charge in [-0.25, -0.2) is 4.39 Å². The highest BCUT2D eigenvalue weighted by Crippen LogP contribution is 2.21. The normalized spacial score (nSPS) is 10.2. The second-order valence-electron chi connectivity index (χ2n) is 4.81. The number of benzene rings is 2. The van der Waals surface area contributed by atoms with Gasteiger partial charge in [0, 0.05) is 5.69 Å². The number of aromatic nitrogens is 3. The van der Waals surface area contributed by atoms with E-state index in [9.17, 15) is 9.18 Å². The molecule has 0 aliphatic heterocycles. The smallest absolute Gasteiger partial charge is 0.280 e. The van der Waals surface area contributed by atoms with E-state index in [4.69, 9.17) is 4.74 Å². The number of para-hydroxylation sites is 1. The van der Waals surface area contributed by atoms with Gasteiger partial charge in [-0.2, -0.15) is 5.21 Å². The lowest BCUT2D eigenvalue weighted by molar-refractivity contribution is 0.102. The summed E-state index contributed by atoms with van der Waals surface area (Å²) in [5.41, 5.74) is 0.791. The van der Waals surface area contributed by atoms with Gasteiger partial charge in [-0.15, -0.1) is 10.2 Å². The Morgan fingerprint density at radius 3 is 2.58 bits per heavy atom. The van der Waals surface area contributed by atoms with Crippen molar-refractivity contribution < 1.29 is 13.9 Å². The van der Waals surface area contributed by atoms with Crippen molar-refractivity contribution in [1.82, 2.24) is 15.4 Å². The van der Waals surface area contributed by atoms with E-state index in [-0.39, 0.29) is 17.2 Å². The molecular weight excluding hydrogens is 313 g/mol. The predicted molar refractivity (Wildman–Crippen MR) is 87.0 cm³/mol. The number of halogens is 1. The molecule has 0 aliphatic carbocycles. The number of rotatable bonds is 5. The molecule has 8 heteroatoms. The van der Waals surface area contributed by atoms with Gasteiger partial charge in [-0.1, -0.05) is 12.1 Å². The van der Waals surface area contributed by atoms with Crippen LogP contribution in [0.2, 0.25) is 0 Å². The summed E-state index contributed by atoms with van der Waals surface area (Å²) >= 11 is 0. The summed E-state index contributed by atoms with van der Waals surface area (Å²) in [7, 11) is 1.57. The van der Waals surface area contributed by atoms with E-state index >= 15 is 0 Å². The van der Waals surface area contributed by atoms with E-state index in [1.54, 1.807) is 37.4 Å². The summed E-state index contributed by atoms with van der Waals surface area (Å²) in [5, 5.41) is 15.5. The molecule has 0 aliphatic rings. The molecule has 3 rings (SSSR count). The number of carbonyl (C=O) groups excluding carboxylic acids is 1. The zero-order chi connectivity index (χ0) is 16.9. The van der Waals surface area contributed by atoms with Crippen LogP contribution < -0.4 is 15.4 Å². The maximum Gasteiger partial charge on any atom is 0.280 e. The first kappa shape index (κ1) is 15.5. The molecule has 1 heterocycles. The average molecular weight is 327 g/mol. The summed E-state index contributed by atoms with van der Waals surface area (Å²) in [6, 6.07) is 13.0. The fraction of sp³-hybridized carbons (Fsp3) is 0.0625. The minimum atomic E-state index is -0.579. The van der Waals surface area contributed by atoms with Gasteiger partial charge in [0.05, 0.1) is 12.8 Å². The number of hydrogen-bond acceptors (Lipinski definition) is 5. The number of nitrogens with zero attached hydrogens (tertiary/aromatic N) is 2. The zero-order valence-corrected chi connectivity index (χ0v) is 12.7. The second-order valence-corrected chi connectivity index (χ2v) is 4.81. The molecule has 0 bridgehead atoms. The number of aromatic amines is 1. The highest BCUT2D eigenvalue weighted by atomic mass is 19.1. The molecule has 122 valence electrons. The first-order valence-electron chi connectivity index (χ1n) is 7.05. The van der Waals surface area contributed by atoms with Gasteiger partial charge >= 0.3 is 0 Å². The fourth-order valence-corrected chi connectivity index (χ4v) is 2.03. The highest BCUT2D eigenvalue weighted by Gasteiger charge is 2.18. The van der Waals surface area contributed by atoms with Crippen molar-refractivity contribution in [3.63, 3.8) is 0 Å². The molecule has 24 heavy (non-hydrogen) atoms. The molecule has 3 aromatic rings. The standard InChI is InChI=1S/C16H14FN5O2/c1-24-11-8-6-10(7-9-11)18-15-14(20-22-21-15)16(23)19-13-5-3-2-4-12(13)17/h2-9H,1H3,(H,19,23)(H2,18,20,21,22). The van der Waals surface area contributed by atoms with Crippen molar-refractivity contribution in [2.24, 2.45) is 0 Å². The number of hydrogen-bond donors (Lipinski definition) is 3. The van der Waals surface area contributed by atoms with Crippen LogP contribution in [-0.2, 0) is 0 Å². The third-order valence-electron chi connectivity index (χ3n) is 3.24. The molecule has 0 atom stereocenters. The number of methoxy groups -OCH3 is 1. The topological polar surface area (TPSA) is 91.9 Å². The first-order chi connectivity index (χ1) is 11.7. The molecule has 0 saturated carbocycles. The van der Waals surface area contributed by atoms with Crippen molar-refractivity contribution in [1.29, 1.82) is 0 Å². The fourth-order valence-electron chi connectivity index (χ4n) is 2.03. The number of H-pyrrole nitrogens is 1. The minimum absolute atomic E-state index is 0.0223. The molecule has 2 aromatic carbocycles. The minimum Gasteiger partial charge on any atom is -0.497 e. The Bertz CT molecular complexity index is 848. The SMILES string of the molecule is COc1ccc(Nc2n[nH]nc2C(=O)Nc2ccccc2F)cc1. The number of nitrogens with one attached hydrogen (secondary N) is 3. The number of ether oxygens (including phenoxy) is 1. The van der Waals surface area contributed by atoms with E-state index in [0.717, 1.165) is 0 Å². The van der Waals surface area contributed by atoms with Gasteiger partial charge in [-0.3, -0.25) is 4.79 Å². The zero-order valence-electron chi connectivity index (χ0n) is 12.7. The van der Waals surface area contributed by atoms with Crippen LogP contribution in [0.5, 0.6) is 5.75 Å². The molecular formula is C16H14FN5O2. The van der Waals surface area contributed by atoms with Crippen LogP contribution in [-0.4, -0.2) is 28.4 Å². The average Bonchev–Trinajstić information content (AvgIpc) is 3.06. The Morgan fingerprint density at radius 2 is 1.88 bits per heavy atom. The lowest BCUT2D eigenvalue weighted by Gasteiger charge is -2.07. The third-order valence-corrected chi connectivity index (χ3v) is 3.24. The van der Waals surface area contributed by atoms with Crippen molar-refractivity contribution in [2.75, 3.05) is 17.7 Å². The maximum atomic E-state index is 13.6. The Kier molecular flexibility index (Phi) is 4.37. The summed E-state index contributed by atoms with van der Waals surface area (Å²) < 4.78 is 18.7. The summed E-state index contributed by atoms with van der Waals surface area (Å²) in [5.74, 6) is -0.170. The van der Waals surface area contributed by atoms with Crippen molar-refractivity contribution in [3.05, 3.63) is 60.0 Å². The summed E-state index contributed by atoms with van der Waals surface area (Å²) in [4.78, 5) is 12.3.